The van der Waals surface area contributed by atoms with E-state index in [1.165, 1.54) is 31.2 Å². The normalized spacial score (nSPS) is 33.0. The summed E-state index contributed by atoms with van der Waals surface area (Å²) >= 11 is 0. The summed E-state index contributed by atoms with van der Waals surface area (Å²) in [6.07, 6.45) is 5.29. The number of hydrogen-bond donors (Lipinski definition) is 0. The molecule has 3 fully saturated rings. The fraction of sp³-hybridized carbons (Fsp3) is 0.650. The molecule has 2 aliphatic heterocycles. The molecule has 1 aromatic rings. The molecule has 0 radical (unpaired) electrons. The fourth-order valence-electron chi connectivity index (χ4n) is 4.85. The van der Waals surface area contributed by atoms with E-state index in [9.17, 15) is 4.79 Å². The predicted octanol–water partition coefficient (Wildman–Crippen LogP) is 3.20. The minimum absolute atomic E-state index is 0.177. The first kappa shape index (κ1) is 16.1. The number of benzene rings is 1. The minimum atomic E-state index is -0.306. The molecule has 3 aliphatic rings. The first-order chi connectivity index (χ1) is 11.6. The van der Waals surface area contributed by atoms with E-state index in [1.807, 2.05) is 6.07 Å². The van der Waals surface area contributed by atoms with Crippen molar-refractivity contribution in [2.24, 2.45) is 5.41 Å². The first-order valence-electron chi connectivity index (χ1n) is 9.31. The van der Waals surface area contributed by atoms with Gasteiger partial charge in [-0.3, -0.25) is 9.69 Å². The summed E-state index contributed by atoms with van der Waals surface area (Å²) < 4.78 is 5.98. The molecule has 0 N–H and O–H groups in total. The molecule has 24 heavy (non-hydrogen) atoms. The molecule has 1 aromatic carbocycles. The number of fused-ring (bicyclic) bond motifs is 1. The van der Waals surface area contributed by atoms with E-state index in [0.717, 1.165) is 19.8 Å². The van der Waals surface area contributed by atoms with Gasteiger partial charge in [-0.05, 0) is 32.3 Å². The second kappa shape index (κ2) is 6.16. The molecule has 4 rings (SSSR count). The maximum absolute atomic E-state index is 12.8. The molecule has 2 heterocycles. The summed E-state index contributed by atoms with van der Waals surface area (Å²) in [5.41, 5.74) is 0.940. The second-order valence-corrected chi connectivity index (χ2v) is 8.02. The van der Waals surface area contributed by atoms with E-state index in [0.29, 0.717) is 12.1 Å². The van der Waals surface area contributed by atoms with Gasteiger partial charge in [-0.1, -0.05) is 43.2 Å². The van der Waals surface area contributed by atoms with Crippen LogP contribution in [0.15, 0.2) is 30.3 Å². The van der Waals surface area contributed by atoms with Crippen LogP contribution in [0.25, 0.3) is 0 Å². The minimum Gasteiger partial charge on any atom is -0.375 e. The van der Waals surface area contributed by atoms with Crippen LogP contribution in [0.2, 0.25) is 0 Å². The van der Waals surface area contributed by atoms with Crippen LogP contribution in [-0.4, -0.2) is 47.7 Å². The summed E-state index contributed by atoms with van der Waals surface area (Å²) in [7, 11) is 0. The highest BCUT2D eigenvalue weighted by atomic mass is 16.5. The quantitative estimate of drug-likeness (QED) is 0.799. The SMILES string of the molecule is CC1(C)C(=O)N(CN2CCO[C@@H]3CCCC[C@H]32)[C@@H]1c1ccccc1. The Balaban J connectivity index is 1.53. The zero-order valence-corrected chi connectivity index (χ0v) is 14.8. The van der Waals surface area contributed by atoms with Gasteiger partial charge in [0.1, 0.15) is 0 Å². The lowest BCUT2D eigenvalue weighted by Gasteiger charge is -2.56. The van der Waals surface area contributed by atoms with Crippen molar-refractivity contribution in [1.29, 1.82) is 0 Å². The zero-order valence-electron chi connectivity index (χ0n) is 14.8. The Kier molecular flexibility index (Phi) is 4.13. The highest BCUT2D eigenvalue weighted by Gasteiger charge is 2.55. The largest absolute Gasteiger partial charge is 0.375 e. The van der Waals surface area contributed by atoms with Gasteiger partial charge in [0.05, 0.1) is 30.8 Å². The average molecular weight is 328 g/mol. The smallest absolute Gasteiger partial charge is 0.232 e. The molecule has 130 valence electrons. The summed E-state index contributed by atoms with van der Waals surface area (Å²) in [5, 5.41) is 0. The standard InChI is InChI=1S/C20H28N2O2/c1-20(2)18(15-8-4-3-5-9-15)22(19(20)23)14-21-12-13-24-17-11-7-6-10-16(17)21/h3-5,8-9,16-18H,6-7,10-14H2,1-2H3/t16-,17-,18-/m1/s1. The molecule has 0 spiro atoms. The fourth-order valence-corrected chi connectivity index (χ4v) is 4.85. The van der Waals surface area contributed by atoms with E-state index in [-0.39, 0.29) is 17.4 Å². The van der Waals surface area contributed by atoms with Gasteiger partial charge in [-0.15, -0.1) is 0 Å². The summed E-state index contributed by atoms with van der Waals surface area (Å²) in [5.74, 6) is 0.273. The first-order valence-corrected chi connectivity index (χ1v) is 9.31. The van der Waals surface area contributed by atoms with Crippen molar-refractivity contribution < 1.29 is 9.53 Å². The Morgan fingerprint density at radius 3 is 2.71 bits per heavy atom. The van der Waals surface area contributed by atoms with Crippen LogP contribution in [0.1, 0.15) is 51.1 Å². The van der Waals surface area contributed by atoms with Gasteiger partial charge in [0.25, 0.3) is 0 Å². The van der Waals surface area contributed by atoms with Gasteiger partial charge in [0, 0.05) is 12.6 Å². The van der Waals surface area contributed by atoms with Crippen molar-refractivity contribution in [2.45, 2.75) is 57.7 Å². The molecular formula is C20H28N2O2. The van der Waals surface area contributed by atoms with Crippen molar-refractivity contribution in [3.8, 4) is 0 Å². The lowest BCUT2D eigenvalue weighted by atomic mass is 9.71. The number of hydrogen-bond acceptors (Lipinski definition) is 3. The number of likely N-dealkylation sites (tertiary alicyclic amines) is 1. The Bertz CT molecular complexity index is 599. The molecule has 2 saturated heterocycles. The van der Waals surface area contributed by atoms with Gasteiger partial charge in [-0.2, -0.15) is 0 Å². The monoisotopic (exact) mass is 328 g/mol. The molecule has 1 aliphatic carbocycles. The molecule has 1 saturated carbocycles. The Labute approximate surface area is 144 Å². The van der Waals surface area contributed by atoms with Crippen LogP contribution in [0.4, 0.5) is 0 Å². The highest BCUT2D eigenvalue weighted by molar-refractivity contribution is 5.89. The molecule has 3 atom stereocenters. The van der Waals surface area contributed by atoms with Gasteiger partial charge >= 0.3 is 0 Å². The molecule has 1 amide bonds. The number of amides is 1. The number of ether oxygens (including phenoxy) is 1. The van der Waals surface area contributed by atoms with Crippen molar-refractivity contribution in [3.05, 3.63) is 35.9 Å². The van der Waals surface area contributed by atoms with Crippen molar-refractivity contribution in [3.63, 3.8) is 0 Å². The maximum atomic E-state index is 12.8. The third-order valence-electron chi connectivity index (χ3n) is 6.10. The number of β-lactam (4-membered cyclic amide) rings is 1. The summed E-state index contributed by atoms with van der Waals surface area (Å²) in [4.78, 5) is 17.3. The lowest BCUT2D eigenvalue weighted by Crippen LogP contribution is -2.65. The van der Waals surface area contributed by atoms with Crippen LogP contribution >= 0.6 is 0 Å². The Hall–Kier alpha value is -1.39. The van der Waals surface area contributed by atoms with E-state index in [1.54, 1.807) is 0 Å². The maximum Gasteiger partial charge on any atom is 0.232 e. The van der Waals surface area contributed by atoms with Gasteiger partial charge in [-0.25, -0.2) is 0 Å². The highest BCUT2D eigenvalue weighted by Crippen LogP contribution is 2.49. The topological polar surface area (TPSA) is 32.8 Å². The van der Waals surface area contributed by atoms with Crippen molar-refractivity contribution in [2.75, 3.05) is 19.8 Å². The summed E-state index contributed by atoms with van der Waals surface area (Å²) in [6, 6.07) is 11.1. The third kappa shape index (κ3) is 2.56. The van der Waals surface area contributed by atoms with E-state index in [2.05, 4.69) is 47.9 Å². The van der Waals surface area contributed by atoms with Gasteiger partial charge < -0.3 is 9.64 Å². The van der Waals surface area contributed by atoms with Crippen LogP contribution < -0.4 is 0 Å². The van der Waals surface area contributed by atoms with Crippen LogP contribution in [0, 0.1) is 5.41 Å². The van der Waals surface area contributed by atoms with Crippen LogP contribution in [-0.2, 0) is 9.53 Å². The second-order valence-electron chi connectivity index (χ2n) is 8.02. The van der Waals surface area contributed by atoms with E-state index < -0.39 is 0 Å². The number of carbonyl (C=O) groups is 1. The van der Waals surface area contributed by atoms with E-state index >= 15 is 0 Å². The van der Waals surface area contributed by atoms with Crippen LogP contribution in [0.3, 0.4) is 0 Å². The Morgan fingerprint density at radius 2 is 1.92 bits per heavy atom. The molecule has 4 heteroatoms. The molecule has 0 bridgehead atoms. The average Bonchev–Trinajstić information content (AvgIpc) is 2.62. The number of carbonyl (C=O) groups excluding carboxylic acids is 1. The number of morpholine rings is 1. The third-order valence-corrected chi connectivity index (χ3v) is 6.10. The van der Waals surface area contributed by atoms with Gasteiger partial charge in [0.2, 0.25) is 5.91 Å². The molecule has 4 nitrogen and oxygen atoms in total. The van der Waals surface area contributed by atoms with Gasteiger partial charge in [0.15, 0.2) is 0 Å². The molecule has 0 unspecified atom stereocenters. The molecular weight excluding hydrogens is 300 g/mol. The molecule has 0 aromatic heterocycles. The Morgan fingerprint density at radius 1 is 1.17 bits per heavy atom. The lowest BCUT2D eigenvalue weighted by molar-refractivity contribution is -0.181. The zero-order chi connectivity index (χ0) is 16.7. The number of nitrogens with zero attached hydrogens (tertiary/aromatic N) is 2. The predicted molar refractivity (Wildman–Crippen MR) is 93.4 cm³/mol. The summed E-state index contributed by atoms with van der Waals surface area (Å²) in [6.45, 7) is 6.63. The van der Waals surface area contributed by atoms with Crippen LogP contribution in [0.5, 0.6) is 0 Å². The van der Waals surface area contributed by atoms with E-state index in [4.69, 9.17) is 4.74 Å². The van der Waals surface area contributed by atoms with Crippen molar-refractivity contribution in [1.82, 2.24) is 9.80 Å². The number of rotatable bonds is 3. The van der Waals surface area contributed by atoms with Crippen molar-refractivity contribution >= 4 is 5.91 Å².